The van der Waals surface area contributed by atoms with Crippen LogP contribution in [0.3, 0.4) is 0 Å². The predicted molar refractivity (Wildman–Crippen MR) is 94.5 cm³/mol. The first-order chi connectivity index (χ1) is 11.7. The lowest BCUT2D eigenvalue weighted by Gasteiger charge is -2.32. The van der Waals surface area contributed by atoms with Crippen LogP contribution in [0, 0.1) is 5.92 Å². The molecule has 0 radical (unpaired) electrons. The van der Waals surface area contributed by atoms with Crippen LogP contribution in [0.1, 0.15) is 36.2 Å². The van der Waals surface area contributed by atoms with Gasteiger partial charge in [-0.05, 0) is 50.3 Å². The highest BCUT2D eigenvalue weighted by molar-refractivity contribution is 7.19. The van der Waals surface area contributed by atoms with E-state index in [0.29, 0.717) is 21.8 Å². The normalized spacial score (nSPS) is 19.0. The summed E-state index contributed by atoms with van der Waals surface area (Å²) in [4.78, 5) is 15.3. The average molecular weight is 366 g/mol. The molecule has 1 aliphatic heterocycles. The number of carbonyl (C=O) groups is 1. The highest BCUT2D eigenvalue weighted by Crippen LogP contribution is 2.31. The van der Waals surface area contributed by atoms with Gasteiger partial charge in [0.1, 0.15) is 0 Å². The number of hydrogen-bond donors (Lipinski definition) is 1. The fourth-order valence-corrected chi connectivity index (χ4v) is 4.03. The molecule has 1 saturated heterocycles. The zero-order chi connectivity index (χ0) is 16.5. The SMILES string of the molecule is O=C(c1cc(-c2ccc(Cl)s2)on1)N1CCC(NCC2CC2)CC1. The first kappa shape index (κ1) is 16.1. The minimum atomic E-state index is -0.0479. The number of aromatic nitrogens is 1. The van der Waals surface area contributed by atoms with E-state index < -0.39 is 0 Å². The zero-order valence-corrected chi connectivity index (χ0v) is 14.9. The molecule has 1 amide bonds. The molecular formula is C17H20ClN3O2S. The van der Waals surface area contributed by atoms with E-state index in [1.165, 1.54) is 24.2 Å². The molecule has 2 aliphatic rings. The molecule has 3 heterocycles. The number of hydrogen-bond acceptors (Lipinski definition) is 5. The van der Waals surface area contributed by atoms with Crippen molar-refractivity contribution in [3.63, 3.8) is 0 Å². The number of nitrogens with zero attached hydrogens (tertiary/aromatic N) is 2. The second-order valence-corrected chi connectivity index (χ2v) is 8.31. The van der Waals surface area contributed by atoms with Gasteiger partial charge in [0.2, 0.25) is 0 Å². The van der Waals surface area contributed by atoms with E-state index in [0.717, 1.165) is 43.3 Å². The van der Waals surface area contributed by atoms with E-state index in [2.05, 4.69) is 10.5 Å². The van der Waals surface area contributed by atoms with E-state index in [1.807, 2.05) is 17.0 Å². The summed E-state index contributed by atoms with van der Waals surface area (Å²) in [7, 11) is 0. The monoisotopic (exact) mass is 365 g/mol. The first-order valence-corrected chi connectivity index (χ1v) is 9.63. The summed E-state index contributed by atoms with van der Waals surface area (Å²) in [5.41, 5.74) is 0.374. The Hall–Kier alpha value is -1.37. The van der Waals surface area contributed by atoms with E-state index in [1.54, 1.807) is 6.07 Å². The molecule has 0 aromatic carbocycles. The van der Waals surface area contributed by atoms with Crippen molar-refractivity contribution in [2.24, 2.45) is 5.92 Å². The lowest BCUT2D eigenvalue weighted by molar-refractivity contribution is 0.0694. The van der Waals surface area contributed by atoms with Gasteiger partial charge in [-0.1, -0.05) is 16.8 Å². The van der Waals surface area contributed by atoms with Crippen LogP contribution in [0.2, 0.25) is 4.34 Å². The Morgan fingerprint density at radius 2 is 2.12 bits per heavy atom. The summed E-state index contributed by atoms with van der Waals surface area (Å²) in [5.74, 6) is 1.44. The molecule has 2 fully saturated rings. The maximum Gasteiger partial charge on any atom is 0.276 e. The molecule has 128 valence electrons. The van der Waals surface area contributed by atoms with Crippen molar-refractivity contribution < 1.29 is 9.32 Å². The number of halogens is 1. The van der Waals surface area contributed by atoms with Gasteiger partial charge in [-0.25, -0.2) is 0 Å². The highest BCUT2D eigenvalue weighted by atomic mass is 35.5. The van der Waals surface area contributed by atoms with Gasteiger partial charge in [0.15, 0.2) is 11.5 Å². The topological polar surface area (TPSA) is 58.4 Å². The van der Waals surface area contributed by atoms with Gasteiger partial charge < -0.3 is 14.7 Å². The van der Waals surface area contributed by atoms with Gasteiger partial charge in [-0.2, -0.15) is 0 Å². The Kier molecular flexibility index (Phi) is 4.61. The van der Waals surface area contributed by atoms with Crippen LogP contribution >= 0.6 is 22.9 Å². The van der Waals surface area contributed by atoms with E-state index in [4.69, 9.17) is 16.1 Å². The lowest BCUT2D eigenvalue weighted by Crippen LogP contribution is -2.45. The Morgan fingerprint density at radius 1 is 1.33 bits per heavy atom. The van der Waals surface area contributed by atoms with Crippen molar-refractivity contribution in [2.75, 3.05) is 19.6 Å². The van der Waals surface area contributed by atoms with Crippen molar-refractivity contribution >= 4 is 28.8 Å². The Morgan fingerprint density at radius 3 is 2.79 bits per heavy atom. The molecule has 0 bridgehead atoms. The standard InChI is InChI=1S/C17H20ClN3O2S/c18-16-4-3-15(24-16)14-9-13(20-23-14)17(22)21-7-5-12(6-8-21)19-10-11-1-2-11/h3-4,9,11-12,19H,1-2,5-8,10H2. The molecule has 1 saturated carbocycles. The van der Waals surface area contributed by atoms with Crippen LogP contribution in [0.25, 0.3) is 10.6 Å². The van der Waals surface area contributed by atoms with Crippen LogP contribution in [0.4, 0.5) is 0 Å². The Bertz CT molecular complexity index is 717. The van der Waals surface area contributed by atoms with Crippen molar-refractivity contribution in [1.82, 2.24) is 15.4 Å². The predicted octanol–water partition coefficient (Wildman–Crippen LogP) is 3.66. The number of amides is 1. The van der Waals surface area contributed by atoms with Crippen molar-refractivity contribution in [2.45, 2.75) is 31.7 Å². The lowest BCUT2D eigenvalue weighted by atomic mass is 10.0. The molecule has 1 aliphatic carbocycles. The van der Waals surface area contributed by atoms with Gasteiger partial charge in [0.05, 0.1) is 9.21 Å². The smallest absolute Gasteiger partial charge is 0.276 e. The molecule has 0 spiro atoms. The number of thiophene rings is 1. The first-order valence-electron chi connectivity index (χ1n) is 8.44. The summed E-state index contributed by atoms with van der Waals surface area (Å²) < 4.78 is 6.00. The number of nitrogens with one attached hydrogen (secondary N) is 1. The molecule has 0 unspecified atom stereocenters. The third kappa shape index (κ3) is 3.66. The number of likely N-dealkylation sites (tertiary alicyclic amines) is 1. The fraction of sp³-hybridized carbons (Fsp3) is 0.529. The van der Waals surface area contributed by atoms with Gasteiger partial charge >= 0.3 is 0 Å². The quantitative estimate of drug-likeness (QED) is 0.878. The number of rotatable bonds is 5. The second-order valence-electron chi connectivity index (χ2n) is 6.60. The minimum absolute atomic E-state index is 0.0479. The third-order valence-corrected chi connectivity index (χ3v) is 5.97. The molecule has 0 atom stereocenters. The number of carbonyl (C=O) groups excluding carboxylic acids is 1. The van der Waals surface area contributed by atoms with Gasteiger partial charge in [-0.3, -0.25) is 4.79 Å². The molecule has 4 rings (SSSR count). The fourth-order valence-electron chi connectivity index (χ4n) is 3.04. The Balaban J connectivity index is 1.33. The van der Waals surface area contributed by atoms with E-state index in [-0.39, 0.29) is 5.91 Å². The summed E-state index contributed by atoms with van der Waals surface area (Å²) in [6.45, 7) is 2.68. The van der Waals surface area contributed by atoms with Crippen LogP contribution in [-0.4, -0.2) is 41.6 Å². The molecular weight excluding hydrogens is 346 g/mol. The van der Waals surface area contributed by atoms with Crippen LogP contribution in [0.15, 0.2) is 22.7 Å². The van der Waals surface area contributed by atoms with Crippen molar-refractivity contribution in [1.29, 1.82) is 0 Å². The largest absolute Gasteiger partial charge is 0.355 e. The van der Waals surface area contributed by atoms with Crippen LogP contribution in [0.5, 0.6) is 0 Å². The van der Waals surface area contributed by atoms with E-state index >= 15 is 0 Å². The molecule has 7 heteroatoms. The van der Waals surface area contributed by atoms with Crippen molar-refractivity contribution in [3.05, 3.63) is 28.2 Å². The highest BCUT2D eigenvalue weighted by Gasteiger charge is 2.27. The van der Waals surface area contributed by atoms with Gasteiger partial charge in [0.25, 0.3) is 5.91 Å². The second kappa shape index (κ2) is 6.86. The molecule has 1 N–H and O–H groups in total. The van der Waals surface area contributed by atoms with Crippen LogP contribution in [-0.2, 0) is 0 Å². The number of piperidine rings is 1. The summed E-state index contributed by atoms with van der Waals surface area (Å²) in [6.07, 6.45) is 4.75. The summed E-state index contributed by atoms with van der Waals surface area (Å²) in [6, 6.07) is 5.93. The van der Waals surface area contributed by atoms with Crippen molar-refractivity contribution in [3.8, 4) is 10.6 Å². The average Bonchev–Trinajstić information content (AvgIpc) is 3.12. The molecule has 24 heavy (non-hydrogen) atoms. The summed E-state index contributed by atoms with van der Waals surface area (Å²) >= 11 is 7.35. The molecule has 2 aromatic heterocycles. The molecule has 5 nitrogen and oxygen atoms in total. The maximum atomic E-state index is 12.6. The van der Waals surface area contributed by atoms with Crippen LogP contribution < -0.4 is 5.32 Å². The van der Waals surface area contributed by atoms with Gasteiger partial charge in [-0.15, -0.1) is 11.3 Å². The minimum Gasteiger partial charge on any atom is -0.355 e. The maximum absolute atomic E-state index is 12.6. The zero-order valence-electron chi connectivity index (χ0n) is 13.3. The third-order valence-electron chi connectivity index (χ3n) is 4.72. The van der Waals surface area contributed by atoms with Gasteiger partial charge in [0, 0.05) is 25.2 Å². The Labute approximate surface area is 150 Å². The van der Waals surface area contributed by atoms with E-state index in [9.17, 15) is 4.79 Å². The molecule has 2 aromatic rings. The summed E-state index contributed by atoms with van der Waals surface area (Å²) in [5, 5.41) is 7.57.